The predicted molar refractivity (Wildman–Crippen MR) is 78.8 cm³/mol. The van der Waals surface area contributed by atoms with E-state index in [2.05, 4.69) is 33.1 Å². The van der Waals surface area contributed by atoms with E-state index in [1.807, 2.05) is 12.1 Å². The minimum absolute atomic E-state index is 0.00936. The lowest BCUT2D eigenvalue weighted by Crippen LogP contribution is -2.29. The largest absolute Gasteiger partial charge is 0.366 e. The molecular formula is C16H10BrF2N. The number of para-hydroxylation sites is 1. The molecule has 0 amide bonds. The summed E-state index contributed by atoms with van der Waals surface area (Å²) in [4.78, 5) is 0. The van der Waals surface area contributed by atoms with Crippen molar-refractivity contribution >= 4 is 21.6 Å². The Balaban J connectivity index is 1.89. The molecule has 1 aliphatic rings. The molecule has 1 nitrogen and oxygen atoms in total. The third-order valence-corrected chi connectivity index (χ3v) is 3.68. The van der Waals surface area contributed by atoms with E-state index in [0.29, 0.717) is 11.3 Å². The predicted octanol–water partition coefficient (Wildman–Crippen LogP) is 4.39. The second-order valence-electron chi connectivity index (χ2n) is 4.52. The van der Waals surface area contributed by atoms with E-state index < -0.39 is 12.0 Å². The van der Waals surface area contributed by atoms with Crippen molar-refractivity contribution in [3.8, 4) is 11.8 Å². The van der Waals surface area contributed by atoms with Gasteiger partial charge in [-0.15, -0.1) is 0 Å². The molecule has 100 valence electrons. The number of anilines is 1. The molecule has 0 aromatic heterocycles. The molecule has 0 saturated carbocycles. The number of fused-ring (bicyclic) bond motifs is 1. The summed E-state index contributed by atoms with van der Waals surface area (Å²) in [5.41, 5.74) is 1.17. The molecule has 4 heteroatoms. The maximum absolute atomic E-state index is 14.2. The summed E-state index contributed by atoms with van der Waals surface area (Å²) in [7, 11) is 0. The number of nitrogens with one attached hydrogen (secondary N) is 1. The van der Waals surface area contributed by atoms with Gasteiger partial charge in [0, 0.05) is 21.3 Å². The molecule has 1 N–H and O–H groups in total. The van der Waals surface area contributed by atoms with E-state index in [0.717, 1.165) is 4.47 Å². The first-order valence-electron chi connectivity index (χ1n) is 6.08. The van der Waals surface area contributed by atoms with E-state index in [9.17, 15) is 8.78 Å². The molecule has 0 aliphatic carbocycles. The Hall–Kier alpha value is -1.86. The highest BCUT2D eigenvalue weighted by Gasteiger charge is 2.47. The standard InChI is InChI=1S/C16H10BrF2N/c17-12-8-5-11(6-9-12)7-10-15-16(18,19)13-3-1-2-4-14(13)20-15/h1-6,8-9,15,20H. The van der Waals surface area contributed by atoms with Crippen molar-refractivity contribution in [2.75, 3.05) is 5.32 Å². The Bertz CT molecular complexity index is 698. The second kappa shape index (κ2) is 4.92. The third kappa shape index (κ3) is 2.30. The number of rotatable bonds is 0. The van der Waals surface area contributed by atoms with Crippen LogP contribution in [0.25, 0.3) is 0 Å². The lowest BCUT2D eigenvalue weighted by molar-refractivity contribution is 0.000141. The summed E-state index contributed by atoms with van der Waals surface area (Å²) in [6, 6.07) is 12.5. The van der Waals surface area contributed by atoms with Gasteiger partial charge in [-0.1, -0.05) is 46.0 Å². The van der Waals surface area contributed by atoms with Gasteiger partial charge in [0.05, 0.1) is 0 Å². The molecule has 0 bridgehead atoms. The number of hydrogen-bond acceptors (Lipinski definition) is 1. The zero-order valence-electron chi connectivity index (χ0n) is 10.3. The first kappa shape index (κ1) is 13.1. The highest BCUT2D eigenvalue weighted by atomic mass is 79.9. The van der Waals surface area contributed by atoms with Crippen molar-refractivity contribution in [2.24, 2.45) is 0 Å². The molecule has 1 unspecified atom stereocenters. The molecule has 0 radical (unpaired) electrons. The van der Waals surface area contributed by atoms with Crippen LogP contribution >= 0.6 is 15.9 Å². The van der Waals surface area contributed by atoms with Crippen LogP contribution in [0.15, 0.2) is 53.0 Å². The number of hydrogen-bond donors (Lipinski definition) is 1. The summed E-state index contributed by atoms with van der Waals surface area (Å²) < 4.78 is 29.3. The Labute approximate surface area is 124 Å². The molecule has 0 spiro atoms. The minimum Gasteiger partial charge on any atom is -0.366 e. The van der Waals surface area contributed by atoms with Crippen molar-refractivity contribution in [2.45, 2.75) is 12.0 Å². The van der Waals surface area contributed by atoms with Crippen LogP contribution in [-0.2, 0) is 5.92 Å². The van der Waals surface area contributed by atoms with Crippen LogP contribution in [0.2, 0.25) is 0 Å². The molecular weight excluding hydrogens is 324 g/mol. The van der Waals surface area contributed by atoms with Crippen LogP contribution in [0, 0.1) is 11.8 Å². The fourth-order valence-electron chi connectivity index (χ4n) is 2.12. The molecule has 3 rings (SSSR count). The lowest BCUT2D eigenvalue weighted by Gasteiger charge is -2.13. The number of halogens is 3. The SMILES string of the molecule is FC1(F)c2ccccc2NC1C#Cc1ccc(Br)cc1. The molecule has 0 saturated heterocycles. The smallest absolute Gasteiger partial charge is 0.306 e. The van der Waals surface area contributed by atoms with Gasteiger partial charge in [-0.3, -0.25) is 0 Å². The Morgan fingerprint density at radius 3 is 2.45 bits per heavy atom. The van der Waals surface area contributed by atoms with E-state index in [4.69, 9.17) is 0 Å². The van der Waals surface area contributed by atoms with E-state index in [1.54, 1.807) is 30.3 Å². The van der Waals surface area contributed by atoms with Crippen LogP contribution in [0.4, 0.5) is 14.5 Å². The quantitative estimate of drug-likeness (QED) is 0.705. The zero-order chi connectivity index (χ0) is 14.2. The normalized spacial score (nSPS) is 18.6. The molecule has 2 aromatic carbocycles. The topological polar surface area (TPSA) is 12.0 Å². The average molecular weight is 334 g/mol. The highest BCUT2D eigenvalue weighted by molar-refractivity contribution is 9.10. The second-order valence-corrected chi connectivity index (χ2v) is 5.44. The summed E-state index contributed by atoms with van der Waals surface area (Å²) in [6.07, 6.45) is 0. The van der Waals surface area contributed by atoms with E-state index in [-0.39, 0.29) is 5.56 Å². The monoisotopic (exact) mass is 333 g/mol. The maximum Gasteiger partial charge on any atom is 0.306 e. The summed E-state index contributed by atoms with van der Waals surface area (Å²) in [5, 5.41) is 2.77. The van der Waals surface area contributed by atoms with E-state index in [1.165, 1.54) is 6.07 Å². The first-order valence-corrected chi connectivity index (χ1v) is 6.87. The van der Waals surface area contributed by atoms with E-state index >= 15 is 0 Å². The Morgan fingerprint density at radius 2 is 1.75 bits per heavy atom. The first-order chi connectivity index (χ1) is 9.57. The highest BCUT2D eigenvalue weighted by Crippen LogP contribution is 2.43. The van der Waals surface area contributed by atoms with Crippen LogP contribution < -0.4 is 5.32 Å². The fourth-order valence-corrected chi connectivity index (χ4v) is 2.38. The Kier molecular flexibility index (Phi) is 3.23. The van der Waals surface area contributed by atoms with Crippen molar-refractivity contribution in [1.82, 2.24) is 0 Å². The summed E-state index contributed by atoms with van der Waals surface area (Å²) in [5.74, 6) is 2.45. The van der Waals surface area contributed by atoms with Gasteiger partial charge >= 0.3 is 5.92 Å². The van der Waals surface area contributed by atoms with Gasteiger partial charge in [-0.05, 0) is 30.3 Å². The van der Waals surface area contributed by atoms with Gasteiger partial charge in [0.15, 0.2) is 6.04 Å². The summed E-state index contributed by atoms with van der Waals surface area (Å²) in [6.45, 7) is 0. The molecule has 0 fully saturated rings. The minimum atomic E-state index is -2.97. The van der Waals surface area contributed by atoms with Gasteiger partial charge in [0.1, 0.15) is 0 Å². The molecule has 1 aliphatic heterocycles. The van der Waals surface area contributed by atoms with Crippen molar-refractivity contribution in [3.63, 3.8) is 0 Å². The number of alkyl halides is 2. The van der Waals surface area contributed by atoms with Crippen LogP contribution in [-0.4, -0.2) is 6.04 Å². The van der Waals surface area contributed by atoms with Gasteiger partial charge in [-0.25, -0.2) is 0 Å². The zero-order valence-corrected chi connectivity index (χ0v) is 11.9. The molecule has 1 atom stereocenters. The number of benzene rings is 2. The van der Waals surface area contributed by atoms with Crippen LogP contribution in [0.1, 0.15) is 11.1 Å². The summed E-state index contributed by atoms with van der Waals surface area (Å²) >= 11 is 3.32. The van der Waals surface area contributed by atoms with Crippen molar-refractivity contribution in [3.05, 3.63) is 64.1 Å². The average Bonchev–Trinajstić information content (AvgIpc) is 2.70. The molecule has 20 heavy (non-hydrogen) atoms. The van der Waals surface area contributed by atoms with Crippen molar-refractivity contribution < 1.29 is 8.78 Å². The van der Waals surface area contributed by atoms with Crippen molar-refractivity contribution in [1.29, 1.82) is 0 Å². The Morgan fingerprint density at radius 1 is 1.05 bits per heavy atom. The van der Waals surface area contributed by atoms with Crippen LogP contribution in [0.3, 0.4) is 0 Å². The van der Waals surface area contributed by atoms with Gasteiger partial charge in [0.25, 0.3) is 0 Å². The molecule has 1 heterocycles. The van der Waals surface area contributed by atoms with Gasteiger partial charge < -0.3 is 5.32 Å². The van der Waals surface area contributed by atoms with Crippen LogP contribution in [0.5, 0.6) is 0 Å². The fraction of sp³-hybridized carbons (Fsp3) is 0.125. The van der Waals surface area contributed by atoms with Gasteiger partial charge in [-0.2, -0.15) is 8.78 Å². The third-order valence-electron chi connectivity index (χ3n) is 3.15. The molecule has 2 aromatic rings. The lowest BCUT2D eigenvalue weighted by atomic mass is 10.1. The van der Waals surface area contributed by atoms with Gasteiger partial charge in [0.2, 0.25) is 0 Å². The maximum atomic E-state index is 14.2.